The molecule has 1 unspecified atom stereocenters. The molecule has 2 nitrogen and oxygen atoms in total. The molecule has 0 heterocycles. The third-order valence-electron chi connectivity index (χ3n) is 1.32. The first-order valence-electron chi connectivity index (χ1n) is 2.95. The lowest BCUT2D eigenvalue weighted by atomic mass is 9.98. The zero-order valence-electron chi connectivity index (χ0n) is 5.98. The molecule has 0 saturated heterocycles. The van der Waals surface area contributed by atoms with Gasteiger partial charge in [0.1, 0.15) is 5.78 Å². The van der Waals surface area contributed by atoms with Crippen LogP contribution in [-0.4, -0.2) is 12.3 Å². The Bertz CT molecular complexity index is 115. The van der Waals surface area contributed by atoms with Gasteiger partial charge in [0.2, 0.25) is 0 Å². The van der Waals surface area contributed by atoms with E-state index in [4.69, 9.17) is 5.73 Å². The highest BCUT2D eigenvalue weighted by Gasteiger charge is 2.11. The number of hydrogen-bond donors (Lipinski definition) is 1. The third kappa shape index (κ3) is 2.42. The van der Waals surface area contributed by atoms with Gasteiger partial charge in [-0.05, 0) is 13.8 Å². The summed E-state index contributed by atoms with van der Waals surface area (Å²) in [7, 11) is 0. The van der Waals surface area contributed by atoms with Crippen molar-refractivity contribution in [3.63, 3.8) is 0 Å². The molecular formula is C7H13NO. The summed E-state index contributed by atoms with van der Waals surface area (Å²) in [5.41, 5.74) is 6.14. The van der Waals surface area contributed by atoms with Crippen molar-refractivity contribution in [1.29, 1.82) is 0 Å². The van der Waals surface area contributed by atoms with E-state index >= 15 is 0 Å². The van der Waals surface area contributed by atoms with Gasteiger partial charge in [0.25, 0.3) is 0 Å². The van der Waals surface area contributed by atoms with Gasteiger partial charge >= 0.3 is 0 Å². The Morgan fingerprint density at radius 2 is 2.11 bits per heavy atom. The number of Topliss-reactive ketones (excluding diaryl/α,β-unsaturated/α-hetero) is 1. The fraction of sp³-hybridized carbons (Fsp3) is 0.571. The van der Waals surface area contributed by atoms with Gasteiger partial charge in [0.05, 0.1) is 5.92 Å². The Morgan fingerprint density at radius 1 is 1.67 bits per heavy atom. The average Bonchev–Trinajstić information content (AvgIpc) is 1.64. The Hall–Kier alpha value is -0.630. The molecule has 0 radical (unpaired) electrons. The zero-order chi connectivity index (χ0) is 7.44. The first-order valence-corrected chi connectivity index (χ1v) is 2.95. The van der Waals surface area contributed by atoms with Gasteiger partial charge < -0.3 is 5.73 Å². The van der Waals surface area contributed by atoms with Crippen molar-refractivity contribution < 1.29 is 4.79 Å². The summed E-state index contributed by atoms with van der Waals surface area (Å²) in [5.74, 6) is -0.0324. The van der Waals surface area contributed by atoms with Crippen molar-refractivity contribution >= 4 is 5.78 Å². The topological polar surface area (TPSA) is 43.1 Å². The molecule has 2 N–H and O–H groups in total. The highest BCUT2D eigenvalue weighted by molar-refractivity contribution is 5.81. The molecule has 0 fully saturated rings. The molecule has 0 saturated carbocycles. The summed E-state index contributed by atoms with van der Waals surface area (Å²) in [4.78, 5) is 10.7. The van der Waals surface area contributed by atoms with Crippen LogP contribution in [0.3, 0.4) is 0 Å². The zero-order valence-corrected chi connectivity index (χ0v) is 5.98. The minimum Gasteiger partial charge on any atom is -0.329 e. The van der Waals surface area contributed by atoms with Crippen molar-refractivity contribution in [3.05, 3.63) is 12.2 Å². The van der Waals surface area contributed by atoms with Crippen molar-refractivity contribution in [2.24, 2.45) is 11.7 Å². The second kappa shape index (κ2) is 3.41. The van der Waals surface area contributed by atoms with Crippen LogP contribution in [0.5, 0.6) is 0 Å². The first kappa shape index (κ1) is 8.37. The van der Waals surface area contributed by atoms with E-state index in [1.807, 2.05) is 6.92 Å². The second-order valence-corrected chi connectivity index (χ2v) is 2.25. The summed E-state index contributed by atoms with van der Waals surface area (Å²) < 4.78 is 0. The van der Waals surface area contributed by atoms with Crippen LogP contribution < -0.4 is 5.73 Å². The van der Waals surface area contributed by atoms with E-state index in [1.54, 1.807) is 0 Å². The van der Waals surface area contributed by atoms with Crippen LogP contribution in [0.25, 0.3) is 0 Å². The highest BCUT2D eigenvalue weighted by atomic mass is 16.1. The lowest BCUT2D eigenvalue weighted by Gasteiger charge is -2.08. The molecule has 0 aliphatic heterocycles. The second-order valence-electron chi connectivity index (χ2n) is 2.25. The van der Waals surface area contributed by atoms with Crippen molar-refractivity contribution in [1.82, 2.24) is 0 Å². The molecule has 52 valence electrons. The van der Waals surface area contributed by atoms with Gasteiger partial charge in [-0.1, -0.05) is 12.2 Å². The van der Waals surface area contributed by atoms with E-state index in [2.05, 4.69) is 6.58 Å². The Labute approximate surface area is 55.7 Å². The van der Waals surface area contributed by atoms with Crippen LogP contribution in [0, 0.1) is 5.92 Å². The number of carbonyl (C=O) groups excluding carboxylic acids is 1. The van der Waals surface area contributed by atoms with Crippen molar-refractivity contribution in [3.8, 4) is 0 Å². The predicted molar refractivity (Wildman–Crippen MR) is 38.0 cm³/mol. The molecule has 0 rings (SSSR count). The number of carbonyl (C=O) groups is 1. The molecule has 0 aliphatic rings. The molecule has 0 amide bonds. The van der Waals surface area contributed by atoms with Crippen LogP contribution in [0.15, 0.2) is 12.2 Å². The lowest BCUT2D eigenvalue weighted by Crippen LogP contribution is -2.21. The van der Waals surface area contributed by atoms with E-state index in [0.29, 0.717) is 6.54 Å². The van der Waals surface area contributed by atoms with Gasteiger partial charge in [-0.3, -0.25) is 4.79 Å². The molecule has 0 aromatic heterocycles. The smallest absolute Gasteiger partial charge is 0.138 e. The van der Waals surface area contributed by atoms with E-state index in [9.17, 15) is 4.79 Å². The fourth-order valence-electron chi connectivity index (χ4n) is 0.714. The maximum absolute atomic E-state index is 10.7. The van der Waals surface area contributed by atoms with E-state index in [-0.39, 0.29) is 11.7 Å². The molecule has 0 aliphatic carbocycles. The number of nitrogens with two attached hydrogens (primary N) is 1. The summed E-state index contributed by atoms with van der Waals surface area (Å²) >= 11 is 0. The van der Waals surface area contributed by atoms with Crippen LogP contribution >= 0.6 is 0 Å². The largest absolute Gasteiger partial charge is 0.329 e. The van der Waals surface area contributed by atoms with Gasteiger partial charge in [-0.2, -0.15) is 0 Å². The van der Waals surface area contributed by atoms with E-state index in [1.165, 1.54) is 6.92 Å². The van der Waals surface area contributed by atoms with Gasteiger partial charge in [-0.25, -0.2) is 0 Å². The fourth-order valence-corrected chi connectivity index (χ4v) is 0.714. The number of ketones is 1. The van der Waals surface area contributed by atoms with Crippen molar-refractivity contribution in [2.45, 2.75) is 13.8 Å². The maximum Gasteiger partial charge on any atom is 0.138 e. The third-order valence-corrected chi connectivity index (χ3v) is 1.32. The minimum atomic E-state index is -0.134. The molecule has 2 heteroatoms. The molecule has 1 atom stereocenters. The monoisotopic (exact) mass is 127 g/mol. The quantitative estimate of drug-likeness (QED) is 0.568. The SMILES string of the molecule is C=C(C)C(CN)C(C)=O. The van der Waals surface area contributed by atoms with Crippen LogP contribution in [0.1, 0.15) is 13.8 Å². The minimum absolute atomic E-state index is 0.102. The molecule has 9 heavy (non-hydrogen) atoms. The summed E-state index contributed by atoms with van der Waals surface area (Å²) in [6.45, 7) is 7.38. The number of hydrogen-bond acceptors (Lipinski definition) is 2. The van der Waals surface area contributed by atoms with Crippen molar-refractivity contribution in [2.75, 3.05) is 6.54 Å². The summed E-state index contributed by atoms with van der Waals surface area (Å²) in [5, 5.41) is 0. The average molecular weight is 127 g/mol. The molecule has 0 bridgehead atoms. The Morgan fingerprint density at radius 3 is 2.11 bits per heavy atom. The summed E-state index contributed by atoms with van der Waals surface area (Å²) in [6.07, 6.45) is 0. The Kier molecular flexibility index (Phi) is 3.17. The standard InChI is InChI=1S/C7H13NO/c1-5(2)7(4-8)6(3)9/h7H,1,4,8H2,2-3H3. The van der Waals surface area contributed by atoms with E-state index < -0.39 is 0 Å². The summed E-state index contributed by atoms with van der Waals surface area (Å²) in [6, 6.07) is 0. The van der Waals surface area contributed by atoms with Crippen LogP contribution in [0.2, 0.25) is 0 Å². The maximum atomic E-state index is 10.7. The van der Waals surface area contributed by atoms with Gasteiger partial charge in [0, 0.05) is 6.54 Å². The lowest BCUT2D eigenvalue weighted by molar-refractivity contribution is -0.119. The predicted octanol–water partition coefficient (Wildman–Crippen LogP) is 0.726. The van der Waals surface area contributed by atoms with Crippen LogP contribution in [-0.2, 0) is 4.79 Å². The molecular weight excluding hydrogens is 114 g/mol. The molecule has 0 aromatic carbocycles. The molecule has 0 spiro atoms. The first-order chi connectivity index (χ1) is 4.09. The Balaban J connectivity index is 3.99. The van der Waals surface area contributed by atoms with Crippen LogP contribution in [0.4, 0.5) is 0 Å². The highest BCUT2D eigenvalue weighted by Crippen LogP contribution is 2.06. The van der Waals surface area contributed by atoms with Gasteiger partial charge in [0.15, 0.2) is 0 Å². The van der Waals surface area contributed by atoms with Gasteiger partial charge in [-0.15, -0.1) is 0 Å². The molecule has 0 aromatic rings. The van der Waals surface area contributed by atoms with E-state index in [0.717, 1.165) is 5.57 Å². The number of rotatable bonds is 3. The normalized spacial score (nSPS) is 12.8.